The Morgan fingerprint density at radius 2 is 2.05 bits per heavy atom. The van der Waals surface area contributed by atoms with Gasteiger partial charge in [-0.1, -0.05) is 6.92 Å². The minimum atomic E-state index is -0.404. The highest BCUT2D eigenvalue weighted by molar-refractivity contribution is 5.40. The number of hydrogen-bond donors (Lipinski definition) is 1. The van der Waals surface area contributed by atoms with Gasteiger partial charge in [-0.3, -0.25) is 4.98 Å². The Bertz CT molecular complexity index is 589. The number of aliphatic hydroxyl groups excluding tert-OH is 1. The molecule has 1 aromatic carbocycles. The Morgan fingerprint density at radius 1 is 1.19 bits per heavy atom. The van der Waals surface area contributed by atoms with Gasteiger partial charge >= 0.3 is 0 Å². The van der Waals surface area contributed by atoms with E-state index in [2.05, 4.69) is 4.98 Å². The zero-order chi connectivity index (χ0) is 15.1. The molecule has 1 N–H and O–H groups in total. The normalized spacial score (nSPS) is 10.4. The maximum Gasteiger partial charge on any atom is 0.141 e. The van der Waals surface area contributed by atoms with E-state index in [1.165, 1.54) is 6.07 Å². The largest absolute Gasteiger partial charge is 0.493 e. The Labute approximate surface area is 123 Å². The molecular formula is C16H18FNO3. The van der Waals surface area contributed by atoms with Gasteiger partial charge in [0, 0.05) is 23.4 Å². The van der Waals surface area contributed by atoms with Gasteiger partial charge in [0.1, 0.15) is 23.9 Å². The molecule has 0 amide bonds. The zero-order valence-electron chi connectivity index (χ0n) is 11.9. The molecule has 1 aromatic heterocycles. The van der Waals surface area contributed by atoms with Crippen molar-refractivity contribution in [2.75, 3.05) is 6.61 Å². The van der Waals surface area contributed by atoms with Crippen molar-refractivity contribution in [1.82, 2.24) is 4.98 Å². The van der Waals surface area contributed by atoms with Gasteiger partial charge in [-0.25, -0.2) is 4.39 Å². The number of pyridine rings is 1. The lowest BCUT2D eigenvalue weighted by Gasteiger charge is -2.12. The minimum Gasteiger partial charge on any atom is -0.493 e. The lowest BCUT2D eigenvalue weighted by atomic mass is 10.2. The van der Waals surface area contributed by atoms with Crippen LogP contribution in [0.5, 0.6) is 11.5 Å². The topological polar surface area (TPSA) is 51.6 Å². The second kappa shape index (κ2) is 7.59. The number of benzene rings is 1. The van der Waals surface area contributed by atoms with Gasteiger partial charge in [0.25, 0.3) is 0 Å². The molecule has 0 saturated heterocycles. The van der Waals surface area contributed by atoms with Crippen molar-refractivity contribution in [2.45, 2.75) is 26.6 Å². The SMILES string of the molecule is CCCOc1ccc(CO)c(OCc2cncc(F)c2)c1. The van der Waals surface area contributed by atoms with Crippen molar-refractivity contribution < 1.29 is 19.0 Å². The number of hydrogen-bond acceptors (Lipinski definition) is 4. The van der Waals surface area contributed by atoms with Crippen LogP contribution in [-0.2, 0) is 13.2 Å². The Balaban J connectivity index is 2.09. The van der Waals surface area contributed by atoms with E-state index in [1.807, 2.05) is 6.92 Å². The second-order valence-corrected chi connectivity index (χ2v) is 4.58. The molecule has 0 saturated carbocycles. The van der Waals surface area contributed by atoms with Crippen molar-refractivity contribution in [3.8, 4) is 11.5 Å². The van der Waals surface area contributed by atoms with Crippen LogP contribution in [0.3, 0.4) is 0 Å². The molecule has 0 fully saturated rings. The van der Waals surface area contributed by atoms with E-state index >= 15 is 0 Å². The molecule has 0 atom stereocenters. The van der Waals surface area contributed by atoms with Crippen molar-refractivity contribution in [1.29, 1.82) is 0 Å². The molecule has 2 rings (SSSR count). The maximum atomic E-state index is 13.1. The van der Waals surface area contributed by atoms with Crippen LogP contribution in [0.2, 0.25) is 0 Å². The Morgan fingerprint density at radius 3 is 2.76 bits per heavy atom. The zero-order valence-corrected chi connectivity index (χ0v) is 11.9. The first-order valence-corrected chi connectivity index (χ1v) is 6.81. The van der Waals surface area contributed by atoms with Gasteiger partial charge in [0.15, 0.2) is 0 Å². The van der Waals surface area contributed by atoms with Gasteiger partial charge in [-0.05, 0) is 24.6 Å². The summed E-state index contributed by atoms with van der Waals surface area (Å²) in [6.07, 6.45) is 3.59. The highest BCUT2D eigenvalue weighted by Crippen LogP contribution is 2.26. The fourth-order valence-corrected chi connectivity index (χ4v) is 1.81. The third kappa shape index (κ3) is 4.43. The summed E-state index contributed by atoms with van der Waals surface area (Å²) in [5, 5.41) is 9.33. The Kier molecular flexibility index (Phi) is 5.51. The standard InChI is InChI=1S/C16H18FNO3/c1-2-5-20-15-4-3-13(10-19)16(7-15)21-11-12-6-14(17)9-18-8-12/h3-4,6-9,19H,2,5,10-11H2,1H3. The molecule has 0 bridgehead atoms. The van der Waals surface area contributed by atoms with Crippen LogP contribution in [-0.4, -0.2) is 16.7 Å². The number of aromatic nitrogens is 1. The summed E-state index contributed by atoms with van der Waals surface area (Å²) in [7, 11) is 0. The number of nitrogens with zero attached hydrogens (tertiary/aromatic N) is 1. The highest BCUT2D eigenvalue weighted by atomic mass is 19.1. The summed E-state index contributed by atoms with van der Waals surface area (Å²) in [6, 6.07) is 6.64. The number of aliphatic hydroxyl groups is 1. The summed E-state index contributed by atoms with van der Waals surface area (Å²) in [5.74, 6) is 0.801. The predicted molar refractivity (Wildman–Crippen MR) is 76.7 cm³/mol. The number of rotatable bonds is 7. The molecule has 0 spiro atoms. The Hall–Kier alpha value is -2.14. The second-order valence-electron chi connectivity index (χ2n) is 4.58. The smallest absolute Gasteiger partial charge is 0.141 e. The van der Waals surface area contributed by atoms with E-state index in [9.17, 15) is 9.50 Å². The molecule has 0 radical (unpaired) electrons. The van der Waals surface area contributed by atoms with Crippen LogP contribution >= 0.6 is 0 Å². The average Bonchev–Trinajstić information content (AvgIpc) is 2.51. The molecular weight excluding hydrogens is 273 g/mol. The lowest BCUT2D eigenvalue weighted by molar-refractivity contribution is 0.256. The monoisotopic (exact) mass is 291 g/mol. The fraction of sp³-hybridized carbons (Fsp3) is 0.312. The van der Waals surface area contributed by atoms with Gasteiger partial charge in [0.05, 0.1) is 19.4 Å². The average molecular weight is 291 g/mol. The van der Waals surface area contributed by atoms with Gasteiger partial charge in [0.2, 0.25) is 0 Å². The van der Waals surface area contributed by atoms with E-state index in [4.69, 9.17) is 9.47 Å². The van der Waals surface area contributed by atoms with Crippen LogP contribution in [0.25, 0.3) is 0 Å². The number of halogens is 1. The van der Waals surface area contributed by atoms with Crippen molar-refractivity contribution in [3.63, 3.8) is 0 Å². The molecule has 0 aliphatic heterocycles. The van der Waals surface area contributed by atoms with Crippen LogP contribution in [0.15, 0.2) is 36.7 Å². The van der Waals surface area contributed by atoms with E-state index in [1.54, 1.807) is 24.4 Å². The number of ether oxygens (including phenoxy) is 2. The minimum absolute atomic E-state index is 0.134. The summed E-state index contributed by atoms with van der Waals surface area (Å²) in [4.78, 5) is 3.77. The maximum absolute atomic E-state index is 13.1. The third-order valence-corrected chi connectivity index (χ3v) is 2.84. The lowest BCUT2D eigenvalue weighted by Crippen LogP contribution is -2.01. The van der Waals surface area contributed by atoms with Crippen molar-refractivity contribution >= 4 is 0 Å². The highest BCUT2D eigenvalue weighted by Gasteiger charge is 2.06. The first kappa shape index (κ1) is 15.3. The van der Waals surface area contributed by atoms with E-state index < -0.39 is 5.82 Å². The third-order valence-electron chi connectivity index (χ3n) is 2.84. The van der Waals surface area contributed by atoms with Crippen molar-refractivity contribution in [2.24, 2.45) is 0 Å². The summed E-state index contributed by atoms with van der Waals surface area (Å²) in [6.45, 7) is 2.68. The first-order valence-electron chi connectivity index (χ1n) is 6.81. The predicted octanol–water partition coefficient (Wildman–Crippen LogP) is 3.08. The molecule has 1 heterocycles. The van der Waals surface area contributed by atoms with Crippen LogP contribution in [0.4, 0.5) is 4.39 Å². The molecule has 5 heteroatoms. The molecule has 0 aliphatic carbocycles. The summed E-state index contributed by atoms with van der Waals surface area (Å²) in [5.41, 5.74) is 1.28. The quantitative estimate of drug-likeness (QED) is 0.851. The molecule has 0 unspecified atom stereocenters. The van der Waals surface area contributed by atoms with Gasteiger partial charge in [-0.2, -0.15) is 0 Å². The van der Waals surface area contributed by atoms with E-state index in [0.29, 0.717) is 29.2 Å². The van der Waals surface area contributed by atoms with Crippen LogP contribution in [0.1, 0.15) is 24.5 Å². The van der Waals surface area contributed by atoms with Gasteiger partial charge in [-0.15, -0.1) is 0 Å². The fourth-order valence-electron chi connectivity index (χ4n) is 1.81. The van der Waals surface area contributed by atoms with Crippen LogP contribution in [0, 0.1) is 5.82 Å². The summed E-state index contributed by atoms with van der Waals surface area (Å²) >= 11 is 0. The van der Waals surface area contributed by atoms with E-state index in [-0.39, 0.29) is 13.2 Å². The molecule has 112 valence electrons. The van der Waals surface area contributed by atoms with Crippen molar-refractivity contribution in [3.05, 3.63) is 53.6 Å². The molecule has 0 aliphatic rings. The molecule has 2 aromatic rings. The summed E-state index contributed by atoms with van der Waals surface area (Å²) < 4.78 is 24.2. The van der Waals surface area contributed by atoms with E-state index in [0.717, 1.165) is 12.6 Å². The first-order chi connectivity index (χ1) is 10.2. The van der Waals surface area contributed by atoms with Gasteiger partial charge < -0.3 is 14.6 Å². The molecule has 21 heavy (non-hydrogen) atoms. The van der Waals surface area contributed by atoms with Crippen LogP contribution < -0.4 is 9.47 Å². The molecule has 4 nitrogen and oxygen atoms in total.